The van der Waals surface area contributed by atoms with Crippen molar-refractivity contribution in [3.05, 3.63) is 58.4 Å². The lowest BCUT2D eigenvalue weighted by atomic mass is 10.0. The molecule has 2 aromatic rings. The zero-order valence-electron chi connectivity index (χ0n) is 17.0. The Hall–Kier alpha value is -3.15. The van der Waals surface area contributed by atoms with Crippen molar-refractivity contribution in [2.45, 2.75) is 32.8 Å². The quantitative estimate of drug-likeness (QED) is 0.346. The molecule has 0 atom stereocenters. The van der Waals surface area contributed by atoms with Gasteiger partial charge >= 0.3 is 0 Å². The Balaban J connectivity index is 1.79. The molecule has 30 heavy (non-hydrogen) atoms. The van der Waals surface area contributed by atoms with Crippen molar-refractivity contribution in [3.8, 4) is 17.2 Å². The average Bonchev–Trinajstić information content (AvgIpc) is 2.97. The number of benzene rings is 2. The van der Waals surface area contributed by atoms with E-state index < -0.39 is 19.8 Å². The summed E-state index contributed by atoms with van der Waals surface area (Å²) in [4.78, 5) is 14.5. The van der Waals surface area contributed by atoms with E-state index in [4.69, 9.17) is 9.47 Å². The maximum absolute atomic E-state index is 14.1. The molecule has 0 saturated carbocycles. The number of carbonyl (C=O) groups is 1. The van der Waals surface area contributed by atoms with Crippen LogP contribution in [0, 0.1) is 17.3 Å². The fourth-order valence-corrected chi connectivity index (χ4v) is 4.02. The summed E-state index contributed by atoms with van der Waals surface area (Å²) in [6.07, 6.45) is 0. The molecule has 154 valence electrons. The lowest BCUT2D eigenvalue weighted by molar-refractivity contribution is -0.112. The summed E-state index contributed by atoms with van der Waals surface area (Å²) >= 11 is 0. The second-order valence-electron chi connectivity index (χ2n) is 8.20. The van der Waals surface area contributed by atoms with Crippen LogP contribution in [0.3, 0.4) is 0 Å². The lowest BCUT2D eigenvalue weighted by Crippen LogP contribution is -2.30. The predicted molar refractivity (Wildman–Crippen MR) is 113 cm³/mol. The zero-order chi connectivity index (χ0) is 21.5. The number of carbonyl (C=O) groups excluding carboxylic acids is 1. The molecule has 0 fully saturated rings. The molecule has 0 bridgehead atoms. The van der Waals surface area contributed by atoms with Gasteiger partial charge in [-0.25, -0.2) is 4.39 Å². The van der Waals surface area contributed by atoms with E-state index in [1.165, 1.54) is 17.0 Å². The van der Waals surface area contributed by atoms with Crippen LogP contribution in [0.15, 0.2) is 35.5 Å². The molecule has 0 saturated heterocycles. The molecule has 4 rings (SSSR count). The molecule has 8 heteroatoms. The highest BCUT2D eigenvalue weighted by molar-refractivity contribution is 6.83. The highest BCUT2D eigenvalue weighted by Crippen LogP contribution is 2.36. The third-order valence-corrected chi connectivity index (χ3v) is 5.65. The first kappa shape index (κ1) is 20.1. The number of amides is 1. The summed E-state index contributed by atoms with van der Waals surface area (Å²) in [5, 5.41) is 12.8. The average molecular weight is 425 g/mol. The number of fused-ring (bicyclic) bond motifs is 2. The largest absolute Gasteiger partial charge is 0.467 e. The normalized spacial score (nSPS) is 16.6. The Morgan fingerprint density at radius 1 is 1.30 bits per heavy atom. The number of hydrogen-bond acceptors (Lipinski definition) is 5. The van der Waals surface area contributed by atoms with Crippen LogP contribution in [0.25, 0.3) is 0 Å². The molecule has 0 radical (unpaired) electrons. The molecule has 0 aromatic heterocycles. The van der Waals surface area contributed by atoms with Gasteiger partial charge in [0, 0.05) is 22.3 Å². The van der Waals surface area contributed by atoms with E-state index in [1.54, 1.807) is 18.2 Å². The number of rotatable bonds is 2. The Morgan fingerprint density at radius 2 is 2.10 bits per heavy atom. The third-order valence-electron chi connectivity index (χ3n) is 4.77. The van der Waals surface area contributed by atoms with Gasteiger partial charge in [0.15, 0.2) is 12.5 Å². The van der Waals surface area contributed by atoms with Crippen molar-refractivity contribution >= 4 is 25.4 Å². The SMILES string of the molecule is C[Si](C)(C)C#Cc1cccc2c1/C(=N/O)C(=O)N2Cc1cc(F)cc2c1OCOC2. The minimum Gasteiger partial charge on any atom is -0.467 e. The summed E-state index contributed by atoms with van der Waals surface area (Å²) in [6, 6.07) is 8.08. The Bertz CT molecular complexity index is 1130. The van der Waals surface area contributed by atoms with Gasteiger partial charge in [0.1, 0.15) is 19.6 Å². The topological polar surface area (TPSA) is 71.4 Å². The minimum atomic E-state index is -1.65. The predicted octanol–water partition coefficient (Wildman–Crippen LogP) is 3.65. The van der Waals surface area contributed by atoms with E-state index in [2.05, 4.69) is 36.3 Å². The highest BCUT2D eigenvalue weighted by Gasteiger charge is 2.37. The summed E-state index contributed by atoms with van der Waals surface area (Å²) in [7, 11) is -1.65. The van der Waals surface area contributed by atoms with E-state index in [1.807, 2.05) is 0 Å². The molecule has 2 heterocycles. The summed E-state index contributed by atoms with van der Waals surface area (Å²) < 4.78 is 24.9. The van der Waals surface area contributed by atoms with Crippen molar-refractivity contribution in [1.82, 2.24) is 0 Å². The fourth-order valence-electron chi connectivity index (χ4n) is 3.51. The first-order valence-corrected chi connectivity index (χ1v) is 13.0. The second kappa shape index (κ2) is 7.59. The standard InChI is InChI=1S/C22H21FN2O4Si/c1-30(2,3)8-7-14-5-4-6-18-19(14)20(24-27)22(26)25(18)11-15-9-17(23)10-16-12-28-13-29-21(15)16/h4-6,9-10,27H,11-13H2,1-3H3/b24-20-. The van der Waals surface area contributed by atoms with Crippen LogP contribution in [0.2, 0.25) is 19.6 Å². The number of oxime groups is 1. The number of halogens is 1. The molecular formula is C22H21FN2O4Si. The summed E-state index contributed by atoms with van der Waals surface area (Å²) in [6.45, 7) is 6.74. The van der Waals surface area contributed by atoms with Crippen molar-refractivity contribution in [2.24, 2.45) is 5.16 Å². The molecule has 0 spiro atoms. The van der Waals surface area contributed by atoms with E-state index in [0.29, 0.717) is 33.7 Å². The maximum Gasteiger partial charge on any atom is 0.281 e. The zero-order valence-corrected chi connectivity index (χ0v) is 18.0. The fraction of sp³-hybridized carbons (Fsp3) is 0.273. The van der Waals surface area contributed by atoms with Crippen LogP contribution in [-0.4, -0.2) is 31.7 Å². The molecular weight excluding hydrogens is 403 g/mol. The highest BCUT2D eigenvalue weighted by atomic mass is 28.3. The van der Waals surface area contributed by atoms with E-state index in [0.717, 1.165) is 0 Å². The van der Waals surface area contributed by atoms with Crippen LogP contribution in [0.5, 0.6) is 5.75 Å². The lowest BCUT2D eigenvalue weighted by Gasteiger charge is -2.24. The number of hydrogen-bond donors (Lipinski definition) is 1. The van der Waals surface area contributed by atoms with Gasteiger partial charge in [-0.2, -0.15) is 0 Å². The van der Waals surface area contributed by atoms with Crippen LogP contribution < -0.4 is 9.64 Å². The van der Waals surface area contributed by atoms with E-state index in [-0.39, 0.29) is 25.7 Å². The van der Waals surface area contributed by atoms with E-state index >= 15 is 0 Å². The van der Waals surface area contributed by atoms with Gasteiger partial charge in [-0.1, -0.05) is 36.8 Å². The van der Waals surface area contributed by atoms with Gasteiger partial charge in [0.2, 0.25) is 0 Å². The van der Waals surface area contributed by atoms with Crippen molar-refractivity contribution < 1.29 is 23.9 Å². The van der Waals surface area contributed by atoms with Crippen molar-refractivity contribution in [3.63, 3.8) is 0 Å². The molecule has 1 N–H and O–H groups in total. The van der Waals surface area contributed by atoms with Gasteiger partial charge in [0.05, 0.1) is 18.8 Å². The van der Waals surface area contributed by atoms with Crippen LogP contribution >= 0.6 is 0 Å². The van der Waals surface area contributed by atoms with E-state index in [9.17, 15) is 14.4 Å². The van der Waals surface area contributed by atoms with Crippen molar-refractivity contribution in [2.75, 3.05) is 11.7 Å². The minimum absolute atomic E-state index is 0.0653. The van der Waals surface area contributed by atoms with Crippen LogP contribution in [0.4, 0.5) is 10.1 Å². The first-order valence-electron chi connectivity index (χ1n) is 9.51. The smallest absolute Gasteiger partial charge is 0.281 e. The first-order chi connectivity index (χ1) is 14.3. The van der Waals surface area contributed by atoms with Gasteiger partial charge < -0.3 is 19.6 Å². The molecule has 2 aromatic carbocycles. The number of nitrogens with zero attached hydrogens (tertiary/aromatic N) is 2. The Morgan fingerprint density at radius 3 is 2.83 bits per heavy atom. The second-order valence-corrected chi connectivity index (χ2v) is 13.0. The molecule has 2 aliphatic heterocycles. The number of ether oxygens (including phenoxy) is 2. The molecule has 0 unspecified atom stereocenters. The summed E-state index contributed by atoms with van der Waals surface area (Å²) in [5.74, 6) is 2.76. The molecule has 1 amide bonds. The number of anilines is 1. The molecule has 6 nitrogen and oxygen atoms in total. The Labute approximate surface area is 174 Å². The van der Waals surface area contributed by atoms with Crippen molar-refractivity contribution in [1.29, 1.82) is 0 Å². The van der Waals surface area contributed by atoms with Crippen LogP contribution in [-0.2, 0) is 22.7 Å². The molecule has 0 aliphatic carbocycles. The van der Waals surface area contributed by atoms with Gasteiger partial charge in [-0.05, 0) is 24.3 Å². The monoisotopic (exact) mass is 424 g/mol. The van der Waals surface area contributed by atoms with Gasteiger partial charge in [0.25, 0.3) is 5.91 Å². The summed E-state index contributed by atoms with van der Waals surface area (Å²) in [5.41, 5.74) is 6.01. The maximum atomic E-state index is 14.1. The third kappa shape index (κ3) is 3.69. The van der Waals surface area contributed by atoms with Crippen LogP contribution in [0.1, 0.15) is 22.3 Å². The van der Waals surface area contributed by atoms with Gasteiger partial charge in [-0.3, -0.25) is 4.79 Å². The Kier molecular flexibility index (Phi) is 5.09. The van der Waals surface area contributed by atoms with Gasteiger partial charge in [-0.15, -0.1) is 5.54 Å². The molecule has 2 aliphatic rings.